The molecule has 2 N–H and O–H groups in total. The van der Waals surface area contributed by atoms with E-state index in [1.807, 2.05) is 18.2 Å². The van der Waals surface area contributed by atoms with Crippen LogP contribution < -0.4 is 19.5 Å². The molecule has 5 nitrogen and oxygen atoms in total. The summed E-state index contributed by atoms with van der Waals surface area (Å²) in [4.78, 5) is 0. The Morgan fingerprint density at radius 2 is 1.92 bits per heavy atom. The first-order valence-electron chi connectivity index (χ1n) is 7.87. The lowest BCUT2D eigenvalue weighted by Gasteiger charge is -2.21. The standard InChI is InChI=1S/C18H20FNO4/c19-14-4-6-16(7-5-14)24-12-15(21)11-20-10-13-2-1-3-17-18(13)23-9-8-22-17/h1-7,15,20-21H,8-12H2. The van der Waals surface area contributed by atoms with Gasteiger partial charge in [0.15, 0.2) is 11.5 Å². The molecule has 2 aromatic carbocycles. The van der Waals surface area contributed by atoms with Gasteiger partial charge in [-0.3, -0.25) is 0 Å². The van der Waals surface area contributed by atoms with Gasteiger partial charge in [0, 0.05) is 18.7 Å². The van der Waals surface area contributed by atoms with Crippen molar-refractivity contribution in [3.63, 3.8) is 0 Å². The van der Waals surface area contributed by atoms with Gasteiger partial charge in [-0.15, -0.1) is 0 Å². The van der Waals surface area contributed by atoms with E-state index in [1.165, 1.54) is 24.3 Å². The Morgan fingerprint density at radius 3 is 2.75 bits per heavy atom. The quantitative estimate of drug-likeness (QED) is 0.813. The van der Waals surface area contributed by atoms with Crippen LogP contribution in [0.5, 0.6) is 17.2 Å². The SMILES string of the molecule is OC(CNCc1cccc2c1OCCO2)COc1ccc(F)cc1. The normalized spacial score (nSPS) is 14.2. The molecule has 0 saturated carbocycles. The van der Waals surface area contributed by atoms with Gasteiger partial charge in [-0.25, -0.2) is 4.39 Å². The van der Waals surface area contributed by atoms with Gasteiger partial charge < -0.3 is 24.6 Å². The van der Waals surface area contributed by atoms with Crippen LogP contribution in [0.2, 0.25) is 0 Å². The average Bonchev–Trinajstić information content (AvgIpc) is 2.61. The molecule has 2 aromatic rings. The fourth-order valence-electron chi connectivity index (χ4n) is 2.43. The fourth-order valence-corrected chi connectivity index (χ4v) is 2.43. The molecule has 0 aromatic heterocycles. The minimum absolute atomic E-state index is 0.130. The van der Waals surface area contributed by atoms with Crippen LogP contribution in [0, 0.1) is 5.82 Å². The molecule has 24 heavy (non-hydrogen) atoms. The van der Waals surface area contributed by atoms with Gasteiger partial charge in [-0.05, 0) is 30.3 Å². The maximum atomic E-state index is 12.8. The molecule has 1 unspecified atom stereocenters. The van der Waals surface area contributed by atoms with Crippen molar-refractivity contribution in [3.8, 4) is 17.2 Å². The number of hydrogen-bond acceptors (Lipinski definition) is 5. The maximum absolute atomic E-state index is 12.8. The van der Waals surface area contributed by atoms with Gasteiger partial charge in [0.2, 0.25) is 0 Å². The first-order valence-corrected chi connectivity index (χ1v) is 7.87. The summed E-state index contributed by atoms with van der Waals surface area (Å²) in [7, 11) is 0. The van der Waals surface area contributed by atoms with Crippen LogP contribution in [0.4, 0.5) is 4.39 Å². The highest BCUT2D eigenvalue weighted by atomic mass is 19.1. The van der Waals surface area contributed by atoms with Gasteiger partial charge in [-0.2, -0.15) is 0 Å². The fraction of sp³-hybridized carbons (Fsp3) is 0.333. The van der Waals surface area contributed by atoms with Crippen LogP contribution in [0.25, 0.3) is 0 Å². The van der Waals surface area contributed by atoms with Crippen molar-refractivity contribution in [2.24, 2.45) is 0 Å². The van der Waals surface area contributed by atoms with E-state index in [2.05, 4.69) is 5.32 Å². The second kappa shape index (κ2) is 7.99. The predicted molar refractivity (Wildman–Crippen MR) is 87.0 cm³/mol. The van der Waals surface area contributed by atoms with Crippen LogP contribution in [-0.2, 0) is 6.54 Å². The predicted octanol–water partition coefficient (Wildman–Crippen LogP) is 2.13. The average molecular weight is 333 g/mol. The Morgan fingerprint density at radius 1 is 1.12 bits per heavy atom. The third-order valence-electron chi connectivity index (χ3n) is 3.60. The molecule has 0 fully saturated rings. The van der Waals surface area contributed by atoms with Crippen LogP contribution in [0.1, 0.15) is 5.56 Å². The molecule has 1 aliphatic heterocycles. The summed E-state index contributed by atoms with van der Waals surface area (Å²) >= 11 is 0. The highest BCUT2D eigenvalue weighted by Crippen LogP contribution is 2.33. The molecule has 128 valence electrons. The number of fused-ring (bicyclic) bond motifs is 1. The molecule has 0 saturated heterocycles. The second-order valence-corrected chi connectivity index (χ2v) is 5.49. The lowest BCUT2D eigenvalue weighted by Crippen LogP contribution is -2.31. The van der Waals surface area contributed by atoms with Crippen molar-refractivity contribution in [1.29, 1.82) is 0 Å². The van der Waals surface area contributed by atoms with Gasteiger partial charge in [0.25, 0.3) is 0 Å². The Bertz CT molecular complexity index is 663. The largest absolute Gasteiger partial charge is 0.491 e. The topological polar surface area (TPSA) is 60.0 Å². The first-order chi connectivity index (χ1) is 11.7. The Labute approximate surface area is 140 Å². The van der Waals surface area contributed by atoms with Crippen LogP contribution in [0.3, 0.4) is 0 Å². The number of benzene rings is 2. The molecule has 0 bridgehead atoms. The van der Waals surface area contributed by atoms with Crippen molar-refractivity contribution in [1.82, 2.24) is 5.32 Å². The molecule has 1 aliphatic rings. The summed E-state index contributed by atoms with van der Waals surface area (Å²) < 4.78 is 29.4. The number of rotatable bonds is 7. The zero-order valence-electron chi connectivity index (χ0n) is 13.2. The molecular weight excluding hydrogens is 313 g/mol. The van der Waals surface area contributed by atoms with Crippen molar-refractivity contribution < 1.29 is 23.7 Å². The summed E-state index contributed by atoms with van der Waals surface area (Å²) in [6.45, 7) is 2.15. The molecule has 0 aliphatic carbocycles. The number of para-hydroxylation sites is 1. The highest BCUT2D eigenvalue weighted by molar-refractivity contribution is 5.47. The summed E-state index contributed by atoms with van der Waals surface area (Å²) in [6, 6.07) is 11.5. The smallest absolute Gasteiger partial charge is 0.165 e. The van der Waals surface area contributed by atoms with Crippen molar-refractivity contribution in [3.05, 3.63) is 53.8 Å². The molecule has 0 spiro atoms. The molecule has 1 heterocycles. The summed E-state index contributed by atoms with van der Waals surface area (Å²) in [6.07, 6.45) is -0.674. The van der Waals surface area contributed by atoms with Crippen molar-refractivity contribution >= 4 is 0 Å². The number of ether oxygens (including phenoxy) is 3. The van der Waals surface area contributed by atoms with E-state index in [0.29, 0.717) is 32.1 Å². The van der Waals surface area contributed by atoms with E-state index < -0.39 is 6.10 Å². The summed E-state index contributed by atoms with van der Waals surface area (Å²) in [5.74, 6) is 1.72. The number of hydrogen-bond donors (Lipinski definition) is 2. The minimum Gasteiger partial charge on any atom is -0.491 e. The maximum Gasteiger partial charge on any atom is 0.165 e. The Balaban J connectivity index is 1.44. The van der Waals surface area contributed by atoms with Crippen molar-refractivity contribution in [2.45, 2.75) is 12.6 Å². The van der Waals surface area contributed by atoms with E-state index in [-0.39, 0.29) is 12.4 Å². The highest BCUT2D eigenvalue weighted by Gasteiger charge is 2.15. The number of nitrogens with one attached hydrogen (secondary N) is 1. The monoisotopic (exact) mass is 333 g/mol. The van der Waals surface area contributed by atoms with E-state index in [9.17, 15) is 9.50 Å². The molecule has 0 radical (unpaired) electrons. The van der Waals surface area contributed by atoms with Crippen LogP contribution >= 0.6 is 0 Å². The minimum atomic E-state index is -0.674. The molecular formula is C18H20FNO4. The second-order valence-electron chi connectivity index (χ2n) is 5.49. The third kappa shape index (κ3) is 4.37. The van der Waals surface area contributed by atoms with E-state index in [1.54, 1.807) is 0 Å². The van der Waals surface area contributed by atoms with Crippen molar-refractivity contribution in [2.75, 3.05) is 26.4 Å². The summed E-state index contributed by atoms with van der Waals surface area (Å²) in [5.41, 5.74) is 0.985. The zero-order chi connectivity index (χ0) is 16.8. The zero-order valence-corrected chi connectivity index (χ0v) is 13.2. The van der Waals surface area contributed by atoms with E-state index in [0.717, 1.165) is 17.1 Å². The molecule has 6 heteroatoms. The van der Waals surface area contributed by atoms with Gasteiger partial charge in [-0.1, -0.05) is 12.1 Å². The molecule has 1 atom stereocenters. The Hall–Kier alpha value is -2.31. The van der Waals surface area contributed by atoms with E-state index >= 15 is 0 Å². The van der Waals surface area contributed by atoms with Gasteiger partial charge in [0.1, 0.15) is 37.5 Å². The van der Waals surface area contributed by atoms with E-state index in [4.69, 9.17) is 14.2 Å². The first kappa shape index (κ1) is 16.5. The lowest BCUT2D eigenvalue weighted by molar-refractivity contribution is 0.106. The summed E-state index contributed by atoms with van der Waals surface area (Å²) in [5, 5.41) is 13.1. The number of aliphatic hydroxyl groups is 1. The van der Waals surface area contributed by atoms with Gasteiger partial charge >= 0.3 is 0 Å². The molecule has 0 amide bonds. The third-order valence-corrected chi connectivity index (χ3v) is 3.60. The van der Waals surface area contributed by atoms with Gasteiger partial charge in [0.05, 0.1) is 0 Å². The lowest BCUT2D eigenvalue weighted by atomic mass is 10.1. The molecule has 3 rings (SSSR count). The van der Waals surface area contributed by atoms with Crippen LogP contribution in [0.15, 0.2) is 42.5 Å². The Kier molecular flexibility index (Phi) is 5.51. The van der Waals surface area contributed by atoms with Crippen LogP contribution in [-0.4, -0.2) is 37.6 Å². The number of halogens is 1. The number of aliphatic hydroxyl groups excluding tert-OH is 1.